The molecule has 0 unspecified atom stereocenters. The van der Waals surface area contributed by atoms with E-state index in [0.29, 0.717) is 0 Å². The van der Waals surface area contributed by atoms with Gasteiger partial charge in [0, 0.05) is 21.4 Å². The summed E-state index contributed by atoms with van der Waals surface area (Å²) in [6.45, 7) is 2.05. The maximum absolute atomic E-state index is 11.5. The van der Waals surface area contributed by atoms with E-state index in [1.54, 1.807) is 11.8 Å². The fourth-order valence-electron chi connectivity index (χ4n) is 2.49. The SMILES string of the molecule is CSc1ccc(-c2[nH]c3c(C)cccc3c2C=O)cc1. The molecule has 3 heteroatoms. The Kier molecular flexibility index (Phi) is 3.36. The number of para-hydroxylation sites is 1. The van der Waals surface area contributed by atoms with E-state index in [1.165, 1.54) is 4.90 Å². The van der Waals surface area contributed by atoms with E-state index in [9.17, 15) is 4.79 Å². The summed E-state index contributed by atoms with van der Waals surface area (Å²) in [6.07, 6.45) is 2.99. The summed E-state index contributed by atoms with van der Waals surface area (Å²) in [6, 6.07) is 14.3. The molecule has 0 saturated carbocycles. The van der Waals surface area contributed by atoms with Crippen molar-refractivity contribution in [1.29, 1.82) is 0 Å². The lowest BCUT2D eigenvalue weighted by Crippen LogP contribution is -1.84. The number of carbonyl (C=O) groups is 1. The van der Waals surface area contributed by atoms with Gasteiger partial charge in [0.25, 0.3) is 0 Å². The van der Waals surface area contributed by atoms with Crippen LogP contribution >= 0.6 is 11.8 Å². The second kappa shape index (κ2) is 5.17. The highest BCUT2D eigenvalue weighted by molar-refractivity contribution is 7.98. The zero-order valence-electron chi connectivity index (χ0n) is 11.4. The van der Waals surface area contributed by atoms with E-state index in [1.807, 2.05) is 25.1 Å². The fourth-order valence-corrected chi connectivity index (χ4v) is 2.90. The number of hydrogen-bond acceptors (Lipinski definition) is 2. The molecule has 2 nitrogen and oxygen atoms in total. The predicted molar refractivity (Wildman–Crippen MR) is 85.6 cm³/mol. The topological polar surface area (TPSA) is 32.9 Å². The quantitative estimate of drug-likeness (QED) is 0.558. The molecular formula is C17H15NOS. The molecule has 0 amide bonds. The number of rotatable bonds is 3. The number of aryl methyl sites for hydroxylation is 1. The maximum Gasteiger partial charge on any atom is 0.152 e. The second-order valence-electron chi connectivity index (χ2n) is 4.76. The number of benzene rings is 2. The molecule has 0 aliphatic heterocycles. The minimum Gasteiger partial charge on any atom is -0.354 e. The number of aromatic nitrogens is 1. The molecule has 0 bridgehead atoms. The summed E-state index contributed by atoms with van der Waals surface area (Å²) in [5, 5.41) is 0.990. The number of hydrogen-bond donors (Lipinski definition) is 1. The number of aromatic amines is 1. The molecule has 0 aliphatic rings. The lowest BCUT2D eigenvalue weighted by molar-refractivity contribution is 0.112. The Bertz CT molecular complexity index is 772. The van der Waals surface area contributed by atoms with Crippen molar-refractivity contribution in [3.05, 3.63) is 53.6 Å². The van der Waals surface area contributed by atoms with Crippen molar-refractivity contribution < 1.29 is 4.79 Å². The van der Waals surface area contributed by atoms with E-state index in [4.69, 9.17) is 0 Å². The first-order valence-electron chi connectivity index (χ1n) is 6.45. The van der Waals surface area contributed by atoms with Crippen molar-refractivity contribution >= 4 is 29.0 Å². The first kappa shape index (κ1) is 13.0. The Morgan fingerprint density at radius 2 is 1.85 bits per heavy atom. The minimum atomic E-state index is 0.737. The third kappa shape index (κ3) is 2.04. The van der Waals surface area contributed by atoms with Crippen LogP contribution in [0, 0.1) is 6.92 Å². The van der Waals surface area contributed by atoms with Gasteiger partial charge in [-0.2, -0.15) is 0 Å². The van der Waals surface area contributed by atoms with Gasteiger partial charge in [0.15, 0.2) is 6.29 Å². The molecule has 3 aromatic rings. The van der Waals surface area contributed by atoms with Crippen LogP contribution in [0.15, 0.2) is 47.4 Å². The maximum atomic E-state index is 11.5. The first-order chi connectivity index (χ1) is 9.74. The van der Waals surface area contributed by atoms with Crippen LogP contribution in [0.4, 0.5) is 0 Å². The Balaban J connectivity index is 2.24. The summed E-state index contributed by atoms with van der Waals surface area (Å²) in [7, 11) is 0. The number of H-pyrrole nitrogens is 1. The summed E-state index contributed by atoms with van der Waals surface area (Å²) >= 11 is 1.71. The predicted octanol–water partition coefficient (Wildman–Crippen LogP) is 4.68. The van der Waals surface area contributed by atoms with Gasteiger partial charge in [-0.05, 0) is 36.4 Å². The van der Waals surface area contributed by atoms with Gasteiger partial charge < -0.3 is 4.98 Å². The Morgan fingerprint density at radius 3 is 2.50 bits per heavy atom. The van der Waals surface area contributed by atoms with Crippen LogP contribution < -0.4 is 0 Å². The summed E-state index contributed by atoms with van der Waals surface area (Å²) < 4.78 is 0. The van der Waals surface area contributed by atoms with Crippen LogP contribution in [0.1, 0.15) is 15.9 Å². The van der Waals surface area contributed by atoms with Crippen molar-refractivity contribution in [2.75, 3.05) is 6.26 Å². The van der Waals surface area contributed by atoms with Crippen LogP contribution in [-0.4, -0.2) is 17.5 Å². The zero-order chi connectivity index (χ0) is 14.1. The average molecular weight is 281 g/mol. The summed E-state index contributed by atoms with van der Waals surface area (Å²) in [5.74, 6) is 0. The molecule has 1 N–H and O–H groups in total. The van der Waals surface area contributed by atoms with Gasteiger partial charge in [-0.15, -0.1) is 11.8 Å². The van der Waals surface area contributed by atoms with Crippen molar-refractivity contribution in [2.45, 2.75) is 11.8 Å². The zero-order valence-corrected chi connectivity index (χ0v) is 12.3. The smallest absolute Gasteiger partial charge is 0.152 e. The molecule has 0 fully saturated rings. The molecule has 100 valence electrons. The Labute approximate surface area is 122 Å². The standard InChI is InChI=1S/C17H15NOS/c1-11-4-3-5-14-15(10-19)17(18-16(11)14)12-6-8-13(20-2)9-7-12/h3-10,18H,1-2H3. The minimum absolute atomic E-state index is 0.737. The van der Waals surface area contributed by atoms with E-state index in [-0.39, 0.29) is 0 Å². The van der Waals surface area contributed by atoms with Gasteiger partial charge in [-0.3, -0.25) is 4.79 Å². The largest absolute Gasteiger partial charge is 0.354 e. The van der Waals surface area contributed by atoms with Crippen molar-refractivity contribution in [2.24, 2.45) is 0 Å². The molecule has 3 rings (SSSR count). The van der Waals surface area contributed by atoms with Crippen LogP contribution in [0.3, 0.4) is 0 Å². The van der Waals surface area contributed by atoms with E-state index in [0.717, 1.165) is 39.6 Å². The highest BCUT2D eigenvalue weighted by Gasteiger charge is 2.13. The molecule has 0 atom stereocenters. The molecule has 1 heterocycles. The van der Waals surface area contributed by atoms with Gasteiger partial charge in [0.1, 0.15) is 0 Å². The van der Waals surface area contributed by atoms with Gasteiger partial charge in [-0.1, -0.05) is 30.3 Å². The highest BCUT2D eigenvalue weighted by Crippen LogP contribution is 2.31. The highest BCUT2D eigenvalue weighted by atomic mass is 32.2. The number of nitrogens with one attached hydrogen (secondary N) is 1. The van der Waals surface area contributed by atoms with Gasteiger partial charge in [0.05, 0.1) is 5.69 Å². The molecule has 2 aromatic carbocycles. The molecule has 20 heavy (non-hydrogen) atoms. The van der Waals surface area contributed by atoms with Crippen LogP contribution in [0.25, 0.3) is 22.2 Å². The number of carbonyl (C=O) groups excluding carboxylic acids is 1. The van der Waals surface area contributed by atoms with Crippen LogP contribution in [0.5, 0.6) is 0 Å². The Hall–Kier alpha value is -2.00. The van der Waals surface area contributed by atoms with Gasteiger partial charge >= 0.3 is 0 Å². The number of aldehydes is 1. The molecule has 0 spiro atoms. The van der Waals surface area contributed by atoms with E-state index >= 15 is 0 Å². The second-order valence-corrected chi connectivity index (χ2v) is 5.64. The monoisotopic (exact) mass is 281 g/mol. The third-order valence-corrected chi connectivity index (χ3v) is 4.32. The third-order valence-electron chi connectivity index (χ3n) is 3.58. The van der Waals surface area contributed by atoms with Crippen molar-refractivity contribution in [3.63, 3.8) is 0 Å². The lowest BCUT2D eigenvalue weighted by atomic mass is 10.1. The number of fused-ring (bicyclic) bond motifs is 1. The molecule has 1 aromatic heterocycles. The lowest BCUT2D eigenvalue weighted by Gasteiger charge is -2.01. The van der Waals surface area contributed by atoms with Crippen LogP contribution in [-0.2, 0) is 0 Å². The molecule has 0 aliphatic carbocycles. The Morgan fingerprint density at radius 1 is 1.10 bits per heavy atom. The van der Waals surface area contributed by atoms with Gasteiger partial charge in [0.2, 0.25) is 0 Å². The normalized spacial score (nSPS) is 10.9. The summed E-state index contributed by atoms with van der Waals surface area (Å²) in [4.78, 5) is 16.1. The van der Waals surface area contributed by atoms with Crippen molar-refractivity contribution in [3.8, 4) is 11.3 Å². The van der Waals surface area contributed by atoms with Gasteiger partial charge in [-0.25, -0.2) is 0 Å². The molecule has 0 radical (unpaired) electrons. The molecular weight excluding hydrogens is 266 g/mol. The van der Waals surface area contributed by atoms with Crippen molar-refractivity contribution in [1.82, 2.24) is 4.98 Å². The first-order valence-corrected chi connectivity index (χ1v) is 7.68. The summed E-state index contributed by atoms with van der Waals surface area (Å²) in [5.41, 5.74) is 4.87. The molecule has 0 saturated heterocycles. The van der Waals surface area contributed by atoms with Crippen LogP contribution in [0.2, 0.25) is 0 Å². The fraction of sp³-hybridized carbons (Fsp3) is 0.118. The number of thioether (sulfide) groups is 1. The average Bonchev–Trinajstić information content (AvgIpc) is 2.87. The van der Waals surface area contributed by atoms with E-state index in [2.05, 4.69) is 35.5 Å². The van der Waals surface area contributed by atoms with E-state index < -0.39 is 0 Å².